The number of rotatable bonds is 2. The van der Waals surface area contributed by atoms with Gasteiger partial charge in [0.25, 0.3) is 0 Å². The maximum Gasteiger partial charge on any atom is 0.124 e. The molecule has 2 N–H and O–H groups in total. The predicted molar refractivity (Wildman–Crippen MR) is 79.9 cm³/mol. The van der Waals surface area contributed by atoms with E-state index in [1.165, 1.54) is 18.4 Å². The molecule has 20 heavy (non-hydrogen) atoms. The number of aliphatic hydroxyl groups is 1. The molecule has 4 atom stereocenters. The van der Waals surface area contributed by atoms with Gasteiger partial charge in [-0.25, -0.2) is 0 Å². The van der Waals surface area contributed by atoms with Gasteiger partial charge in [-0.3, -0.25) is 0 Å². The van der Waals surface area contributed by atoms with Crippen LogP contribution in [0.4, 0.5) is 0 Å². The molecule has 0 radical (unpaired) electrons. The molecule has 0 amide bonds. The van der Waals surface area contributed by atoms with Gasteiger partial charge in [0, 0.05) is 23.6 Å². The van der Waals surface area contributed by atoms with E-state index in [0.717, 1.165) is 31.6 Å². The Bertz CT molecular complexity index is 448. The van der Waals surface area contributed by atoms with Gasteiger partial charge < -0.3 is 15.2 Å². The Hall–Kier alpha value is -1.06. The molecule has 0 saturated heterocycles. The first-order chi connectivity index (χ1) is 9.75. The fraction of sp³-hybridized carbons (Fsp3) is 0.647. The third-order valence-corrected chi connectivity index (χ3v) is 4.70. The fourth-order valence-electron chi connectivity index (χ4n) is 3.46. The Balaban J connectivity index is 1.78. The van der Waals surface area contributed by atoms with Gasteiger partial charge >= 0.3 is 0 Å². The minimum absolute atomic E-state index is 0.209. The van der Waals surface area contributed by atoms with Gasteiger partial charge in [-0.15, -0.1) is 0 Å². The lowest BCUT2D eigenvalue weighted by molar-refractivity contribution is 0.0968. The Morgan fingerprint density at radius 3 is 2.85 bits per heavy atom. The number of ether oxygens (including phenoxy) is 1. The third kappa shape index (κ3) is 2.84. The van der Waals surface area contributed by atoms with Gasteiger partial charge in [0.1, 0.15) is 5.75 Å². The standard InChI is InChI=1S/C17H25NO2/c1-12-11-20-16-10-6-5-7-13(16)17(12)18-14-8-3-2-4-9-15(14)19/h5-7,10,12,14-15,17-19H,2-4,8-9,11H2,1H3. The summed E-state index contributed by atoms with van der Waals surface area (Å²) in [4.78, 5) is 0. The number of para-hydroxylation sites is 1. The molecule has 1 aromatic carbocycles. The smallest absolute Gasteiger partial charge is 0.124 e. The fourth-order valence-corrected chi connectivity index (χ4v) is 3.46. The second kappa shape index (κ2) is 6.15. The molecule has 4 unspecified atom stereocenters. The van der Waals surface area contributed by atoms with E-state index in [0.29, 0.717) is 5.92 Å². The molecule has 1 aliphatic heterocycles. The monoisotopic (exact) mass is 275 g/mol. The zero-order valence-corrected chi connectivity index (χ0v) is 12.2. The highest BCUT2D eigenvalue weighted by atomic mass is 16.5. The number of benzene rings is 1. The van der Waals surface area contributed by atoms with Crippen molar-refractivity contribution >= 4 is 0 Å². The molecule has 1 aliphatic carbocycles. The van der Waals surface area contributed by atoms with Gasteiger partial charge in [-0.2, -0.15) is 0 Å². The Kier molecular flexibility index (Phi) is 4.27. The molecule has 110 valence electrons. The summed E-state index contributed by atoms with van der Waals surface area (Å²) in [5.74, 6) is 1.42. The van der Waals surface area contributed by atoms with Crippen LogP contribution in [0.1, 0.15) is 50.6 Å². The van der Waals surface area contributed by atoms with Crippen LogP contribution < -0.4 is 10.1 Å². The largest absolute Gasteiger partial charge is 0.493 e. The van der Waals surface area contributed by atoms with E-state index in [4.69, 9.17) is 4.74 Å². The maximum absolute atomic E-state index is 10.3. The second-order valence-electron chi connectivity index (χ2n) is 6.28. The lowest BCUT2D eigenvalue weighted by Crippen LogP contribution is -2.45. The molecule has 3 rings (SSSR count). The van der Waals surface area contributed by atoms with Crippen molar-refractivity contribution in [1.82, 2.24) is 5.32 Å². The van der Waals surface area contributed by atoms with Crippen LogP contribution in [0.3, 0.4) is 0 Å². The predicted octanol–water partition coefficient (Wildman–Crippen LogP) is 3.04. The van der Waals surface area contributed by atoms with Gasteiger partial charge in [0.15, 0.2) is 0 Å². The van der Waals surface area contributed by atoms with E-state index in [2.05, 4.69) is 24.4 Å². The summed E-state index contributed by atoms with van der Waals surface area (Å²) in [5, 5.41) is 14.0. The summed E-state index contributed by atoms with van der Waals surface area (Å²) >= 11 is 0. The summed E-state index contributed by atoms with van der Waals surface area (Å²) in [7, 11) is 0. The van der Waals surface area contributed by atoms with Crippen molar-refractivity contribution in [3.8, 4) is 5.75 Å². The second-order valence-corrected chi connectivity index (χ2v) is 6.28. The molecule has 1 fully saturated rings. The van der Waals surface area contributed by atoms with Crippen molar-refractivity contribution in [3.05, 3.63) is 29.8 Å². The van der Waals surface area contributed by atoms with Crippen LogP contribution in [-0.4, -0.2) is 23.9 Å². The molecule has 3 nitrogen and oxygen atoms in total. The van der Waals surface area contributed by atoms with E-state index in [-0.39, 0.29) is 18.2 Å². The van der Waals surface area contributed by atoms with Crippen LogP contribution in [0.25, 0.3) is 0 Å². The number of hydrogen-bond donors (Lipinski definition) is 2. The van der Waals surface area contributed by atoms with Crippen molar-refractivity contribution in [1.29, 1.82) is 0 Å². The Labute approximate surface area is 121 Å². The van der Waals surface area contributed by atoms with Gasteiger partial charge in [0.05, 0.1) is 12.7 Å². The van der Waals surface area contributed by atoms with Crippen LogP contribution in [-0.2, 0) is 0 Å². The van der Waals surface area contributed by atoms with Gasteiger partial charge in [-0.1, -0.05) is 44.4 Å². The van der Waals surface area contributed by atoms with E-state index in [1.54, 1.807) is 0 Å². The Morgan fingerprint density at radius 1 is 1.15 bits per heavy atom. The SMILES string of the molecule is CC1COc2ccccc2C1NC1CCCCCC1O. The summed E-state index contributed by atoms with van der Waals surface area (Å²) in [6.07, 6.45) is 5.41. The number of aliphatic hydroxyl groups excluding tert-OH is 1. The van der Waals surface area contributed by atoms with Crippen LogP contribution in [0.2, 0.25) is 0 Å². The van der Waals surface area contributed by atoms with Crippen molar-refractivity contribution in [2.45, 2.75) is 57.2 Å². The van der Waals surface area contributed by atoms with Crippen molar-refractivity contribution < 1.29 is 9.84 Å². The molecule has 2 aliphatic rings. The van der Waals surface area contributed by atoms with Crippen LogP contribution in [0, 0.1) is 5.92 Å². The normalized spacial score (nSPS) is 33.9. The first kappa shape index (κ1) is 13.9. The summed E-state index contributed by atoms with van der Waals surface area (Å²) < 4.78 is 5.80. The highest BCUT2D eigenvalue weighted by molar-refractivity contribution is 5.38. The average molecular weight is 275 g/mol. The molecule has 1 saturated carbocycles. The van der Waals surface area contributed by atoms with Gasteiger partial charge in [-0.05, 0) is 18.9 Å². The topological polar surface area (TPSA) is 41.5 Å². The summed E-state index contributed by atoms with van der Waals surface area (Å²) in [5.41, 5.74) is 1.24. The highest BCUT2D eigenvalue weighted by Gasteiger charge is 2.31. The van der Waals surface area contributed by atoms with E-state index >= 15 is 0 Å². The van der Waals surface area contributed by atoms with Crippen molar-refractivity contribution in [2.75, 3.05) is 6.61 Å². The lowest BCUT2D eigenvalue weighted by atomic mass is 9.90. The number of fused-ring (bicyclic) bond motifs is 1. The molecule has 1 heterocycles. The summed E-state index contributed by atoms with van der Waals surface area (Å²) in [6, 6.07) is 8.78. The quantitative estimate of drug-likeness (QED) is 0.815. The van der Waals surface area contributed by atoms with E-state index < -0.39 is 0 Å². The maximum atomic E-state index is 10.3. The summed E-state index contributed by atoms with van der Waals surface area (Å²) in [6.45, 7) is 2.97. The minimum Gasteiger partial charge on any atom is -0.493 e. The molecular weight excluding hydrogens is 250 g/mol. The molecular formula is C17H25NO2. The Morgan fingerprint density at radius 2 is 1.95 bits per heavy atom. The lowest BCUT2D eigenvalue weighted by Gasteiger charge is -2.36. The molecule has 0 aromatic heterocycles. The zero-order valence-electron chi connectivity index (χ0n) is 12.2. The van der Waals surface area contributed by atoms with Crippen molar-refractivity contribution in [3.63, 3.8) is 0 Å². The first-order valence-electron chi connectivity index (χ1n) is 7.91. The zero-order chi connectivity index (χ0) is 13.9. The van der Waals surface area contributed by atoms with E-state index in [9.17, 15) is 5.11 Å². The number of nitrogens with one attached hydrogen (secondary N) is 1. The molecule has 3 heteroatoms. The van der Waals surface area contributed by atoms with Crippen molar-refractivity contribution in [2.24, 2.45) is 5.92 Å². The highest BCUT2D eigenvalue weighted by Crippen LogP contribution is 2.36. The number of hydrogen-bond acceptors (Lipinski definition) is 3. The van der Waals surface area contributed by atoms with Crippen LogP contribution in [0.15, 0.2) is 24.3 Å². The molecule has 0 bridgehead atoms. The molecule has 1 aromatic rings. The first-order valence-corrected chi connectivity index (χ1v) is 7.91. The molecule has 0 spiro atoms. The third-order valence-electron chi connectivity index (χ3n) is 4.70. The van der Waals surface area contributed by atoms with Gasteiger partial charge in [0.2, 0.25) is 0 Å². The minimum atomic E-state index is -0.209. The van der Waals surface area contributed by atoms with Crippen LogP contribution in [0.5, 0.6) is 5.75 Å². The van der Waals surface area contributed by atoms with Crippen LogP contribution >= 0.6 is 0 Å². The average Bonchev–Trinajstić information content (AvgIpc) is 2.67. The van der Waals surface area contributed by atoms with E-state index in [1.807, 2.05) is 12.1 Å².